The number of aliphatic hydroxyl groups excluding tert-OH is 3. The maximum Gasteiger partial charge on any atom is 0.0989 e. The van der Waals surface area contributed by atoms with E-state index >= 15 is 0 Å². The number of nitrogens with one attached hydrogen (secondary N) is 1. The van der Waals surface area contributed by atoms with E-state index in [0.717, 1.165) is 6.42 Å². The van der Waals surface area contributed by atoms with E-state index in [0.29, 0.717) is 0 Å². The van der Waals surface area contributed by atoms with Gasteiger partial charge < -0.3 is 20.6 Å². The minimum Gasteiger partial charge on any atom is -0.395 e. The Hall–Kier alpha value is -0.160. The number of hydrogen-bond acceptors (Lipinski definition) is 4. The fourth-order valence-corrected chi connectivity index (χ4v) is 1.47. The van der Waals surface area contributed by atoms with Crippen molar-refractivity contribution in [2.75, 3.05) is 6.61 Å². The quantitative estimate of drug-likeness (QED) is 0.396. The van der Waals surface area contributed by atoms with Crippen LogP contribution in [0.25, 0.3) is 0 Å². The monoisotopic (exact) mass is 161 g/mol. The molecule has 11 heavy (non-hydrogen) atoms. The van der Waals surface area contributed by atoms with Crippen LogP contribution in [0, 0.1) is 0 Å². The van der Waals surface area contributed by atoms with Crippen molar-refractivity contribution in [2.45, 2.75) is 37.6 Å². The molecule has 1 saturated heterocycles. The van der Waals surface area contributed by atoms with E-state index in [1.54, 1.807) is 0 Å². The zero-order chi connectivity index (χ0) is 8.43. The van der Waals surface area contributed by atoms with Gasteiger partial charge >= 0.3 is 0 Å². The van der Waals surface area contributed by atoms with Crippen LogP contribution in [0.3, 0.4) is 0 Å². The Morgan fingerprint density at radius 1 is 1.18 bits per heavy atom. The van der Waals surface area contributed by atoms with Crippen LogP contribution >= 0.6 is 0 Å². The van der Waals surface area contributed by atoms with Gasteiger partial charge in [0.05, 0.1) is 24.9 Å². The fraction of sp³-hybridized carbons (Fsp3) is 1.00. The molecule has 4 nitrogen and oxygen atoms in total. The molecule has 0 unspecified atom stereocenters. The molecule has 0 spiro atoms. The summed E-state index contributed by atoms with van der Waals surface area (Å²) in [6, 6.07) is -0.447. The van der Waals surface area contributed by atoms with Gasteiger partial charge in [-0.2, -0.15) is 0 Å². The summed E-state index contributed by atoms with van der Waals surface area (Å²) < 4.78 is 0. The highest BCUT2D eigenvalue weighted by Gasteiger charge is 2.39. The number of hydrogen-bond donors (Lipinski definition) is 4. The van der Waals surface area contributed by atoms with E-state index in [4.69, 9.17) is 5.11 Å². The van der Waals surface area contributed by atoms with Gasteiger partial charge in [-0.3, -0.25) is 0 Å². The third kappa shape index (κ3) is 1.54. The zero-order valence-electron chi connectivity index (χ0n) is 6.57. The summed E-state index contributed by atoms with van der Waals surface area (Å²) in [5, 5.41) is 30.3. The van der Waals surface area contributed by atoms with E-state index in [9.17, 15) is 10.2 Å². The third-order valence-corrected chi connectivity index (χ3v) is 2.24. The van der Waals surface area contributed by atoms with Gasteiger partial charge in [-0.15, -0.1) is 0 Å². The Morgan fingerprint density at radius 2 is 1.73 bits per heavy atom. The highest BCUT2D eigenvalue weighted by molar-refractivity contribution is 4.96. The summed E-state index contributed by atoms with van der Waals surface area (Å²) in [6.07, 6.45) is -0.809. The molecular weight excluding hydrogens is 146 g/mol. The van der Waals surface area contributed by atoms with E-state index in [1.807, 2.05) is 6.92 Å². The van der Waals surface area contributed by atoms with E-state index < -0.39 is 12.2 Å². The molecule has 0 amide bonds. The Balaban J connectivity index is 2.53. The number of aliphatic hydroxyl groups is 3. The van der Waals surface area contributed by atoms with E-state index in [1.165, 1.54) is 0 Å². The topological polar surface area (TPSA) is 72.7 Å². The second-order valence-corrected chi connectivity index (χ2v) is 2.95. The molecule has 0 saturated carbocycles. The molecule has 0 aromatic heterocycles. The molecule has 4 heteroatoms. The largest absolute Gasteiger partial charge is 0.395 e. The minimum absolute atomic E-state index is 0.0813. The smallest absolute Gasteiger partial charge is 0.0989 e. The maximum absolute atomic E-state index is 9.34. The number of rotatable bonds is 2. The first-order valence-corrected chi connectivity index (χ1v) is 3.93. The van der Waals surface area contributed by atoms with Gasteiger partial charge in [-0.25, -0.2) is 0 Å². The molecule has 1 heterocycles. The second kappa shape index (κ2) is 3.49. The maximum atomic E-state index is 9.34. The summed E-state index contributed by atoms with van der Waals surface area (Å²) in [6.45, 7) is 1.79. The lowest BCUT2D eigenvalue weighted by Gasteiger charge is -2.12. The predicted molar refractivity (Wildman–Crippen MR) is 40.1 cm³/mol. The Labute approximate surface area is 65.9 Å². The lowest BCUT2D eigenvalue weighted by molar-refractivity contribution is 0.0193. The molecule has 1 aliphatic heterocycles. The predicted octanol–water partition coefficient (Wildman–Crippen LogP) is -1.55. The van der Waals surface area contributed by atoms with Gasteiger partial charge in [0.25, 0.3) is 0 Å². The molecule has 4 atom stereocenters. The molecule has 0 aromatic carbocycles. The van der Waals surface area contributed by atoms with Crippen LogP contribution in [0.15, 0.2) is 0 Å². The summed E-state index contributed by atoms with van der Waals surface area (Å²) >= 11 is 0. The first-order valence-electron chi connectivity index (χ1n) is 3.93. The first-order chi connectivity index (χ1) is 5.20. The van der Waals surface area contributed by atoms with Crippen LogP contribution in [0.1, 0.15) is 13.3 Å². The van der Waals surface area contributed by atoms with Gasteiger partial charge in [0.2, 0.25) is 0 Å². The van der Waals surface area contributed by atoms with Crippen LogP contribution in [-0.4, -0.2) is 46.2 Å². The van der Waals surface area contributed by atoms with Gasteiger partial charge in [-0.05, 0) is 6.42 Å². The average Bonchev–Trinajstić information content (AvgIpc) is 2.30. The normalized spacial score (nSPS) is 44.7. The molecule has 0 aliphatic carbocycles. The van der Waals surface area contributed by atoms with Crippen LogP contribution in [-0.2, 0) is 0 Å². The van der Waals surface area contributed by atoms with Crippen molar-refractivity contribution in [1.29, 1.82) is 0 Å². The first kappa shape index (κ1) is 8.93. The van der Waals surface area contributed by atoms with Crippen molar-refractivity contribution in [1.82, 2.24) is 5.32 Å². The average molecular weight is 161 g/mol. The molecule has 0 aromatic rings. The summed E-state index contributed by atoms with van der Waals surface area (Å²) in [5.74, 6) is 0. The Bertz CT molecular complexity index is 113. The molecule has 1 aliphatic rings. The second-order valence-electron chi connectivity index (χ2n) is 2.95. The highest BCUT2D eigenvalue weighted by Crippen LogP contribution is 2.15. The Morgan fingerprint density at radius 3 is 2.00 bits per heavy atom. The van der Waals surface area contributed by atoms with E-state index in [-0.39, 0.29) is 18.7 Å². The van der Waals surface area contributed by atoms with Crippen molar-refractivity contribution in [2.24, 2.45) is 0 Å². The SMILES string of the molecule is CC[C@H]1N[C@H](CO)[C@@H](O)[C@@H]1O. The van der Waals surface area contributed by atoms with Crippen LogP contribution in [0.5, 0.6) is 0 Å². The van der Waals surface area contributed by atoms with Crippen molar-refractivity contribution in [3.63, 3.8) is 0 Å². The van der Waals surface area contributed by atoms with Crippen LogP contribution < -0.4 is 5.32 Å². The molecule has 1 rings (SSSR count). The summed E-state index contributed by atoms with van der Waals surface area (Å²) in [5.41, 5.74) is 0. The summed E-state index contributed by atoms with van der Waals surface area (Å²) in [7, 11) is 0. The molecule has 4 N–H and O–H groups in total. The van der Waals surface area contributed by atoms with Crippen molar-refractivity contribution >= 4 is 0 Å². The minimum atomic E-state index is -0.829. The van der Waals surface area contributed by atoms with Crippen molar-refractivity contribution in [3.8, 4) is 0 Å². The molecule has 0 bridgehead atoms. The fourth-order valence-electron chi connectivity index (χ4n) is 1.47. The lowest BCUT2D eigenvalue weighted by atomic mass is 10.1. The van der Waals surface area contributed by atoms with Crippen LogP contribution in [0.4, 0.5) is 0 Å². The molecule has 0 radical (unpaired) electrons. The van der Waals surface area contributed by atoms with Gasteiger partial charge in [0.1, 0.15) is 0 Å². The van der Waals surface area contributed by atoms with Crippen molar-refractivity contribution < 1.29 is 15.3 Å². The zero-order valence-corrected chi connectivity index (χ0v) is 6.57. The Kier molecular flexibility index (Phi) is 2.84. The van der Waals surface area contributed by atoms with Crippen LogP contribution in [0.2, 0.25) is 0 Å². The molecular formula is C7H15NO3. The standard InChI is InChI=1S/C7H15NO3/c1-2-4-6(10)7(11)5(3-9)8-4/h4-11H,2-3H2,1H3/t4-,5-,6-,7-/m1/s1. The molecule has 66 valence electrons. The molecule has 1 fully saturated rings. The van der Waals surface area contributed by atoms with Gasteiger partial charge in [0, 0.05) is 6.04 Å². The van der Waals surface area contributed by atoms with Gasteiger partial charge in [0.15, 0.2) is 0 Å². The lowest BCUT2D eigenvalue weighted by Crippen LogP contribution is -2.36. The summed E-state index contributed by atoms with van der Waals surface area (Å²) in [4.78, 5) is 0. The van der Waals surface area contributed by atoms with Gasteiger partial charge in [-0.1, -0.05) is 6.92 Å². The van der Waals surface area contributed by atoms with E-state index in [2.05, 4.69) is 5.32 Å². The third-order valence-electron chi connectivity index (χ3n) is 2.24. The highest BCUT2D eigenvalue weighted by atomic mass is 16.3. The van der Waals surface area contributed by atoms with Crippen molar-refractivity contribution in [3.05, 3.63) is 0 Å².